The van der Waals surface area contributed by atoms with Crippen LogP contribution >= 0.6 is 0 Å². The van der Waals surface area contributed by atoms with Crippen molar-refractivity contribution in [1.82, 2.24) is 0 Å². The van der Waals surface area contributed by atoms with Crippen LogP contribution in [0.4, 0.5) is 0 Å². The fraction of sp³-hybridized carbons (Fsp3) is 0.0612. The lowest BCUT2D eigenvalue weighted by Crippen LogP contribution is -2.14. The van der Waals surface area contributed by atoms with Crippen LogP contribution in [0.5, 0.6) is 0 Å². The largest absolute Gasteiger partial charge is 0.0619 e. The number of fused-ring (bicyclic) bond motifs is 8. The Labute approximate surface area is 286 Å². The molecule has 0 radical (unpaired) electrons. The summed E-state index contributed by atoms with van der Waals surface area (Å²) in [6.07, 6.45) is 0. The van der Waals surface area contributed by atoms with E-state index in [0.717, 1.165) is 0 Å². The van der Waals surface area contributed by atoms with Gasteiger partial charge in [-0.05, 0) is 111 Å². The number of hydrogen-bond donors (Lipinski definition) is 0. The molecule has 0 bridgehead atoms. The monoisotopic (exact) mass is 622 g/mol. The summed E-state index contributed by atoms with van der Waals surface area (Å²) in [4.78, 5) is 0. The molecule has 1 aliphatic carbocycles. The van der Waals surface area contributed by atoms with Gasteiger partial charge in [0.05, 0.1) is 0 Å². The van der Waals surface area contributed by atoms with E-state index < -0.39 is 0 Å². The predicted octanol–water partition coefficient (Wildman–Crippen LogP) is 13.6. The Hall–Kier alpha value is -5.98. The molecule has 0 fully saturated rings. The summed E-state index contributed by atoms with van der Waals surface area (Å²) in [5.74, 6) is 0. The lowest BCUT2D eigenvalue weighted by atomic mass is 9.81. The van der Waals surface area contributed by atoms with Gasteiger partial charge < -0.3 is 0 Å². The molecule has 1 aliphatic rings. The van der Waals surface area contributed by atoms with Gasteiger partial charge in [-0.3, -0.25) is 0 Å². The van der Waals surface area contributed by atoms with Gasteiger partial charge in [0, 0.05) is 5.41 Å². The molecule has 230 valence electrons. The summed E-state index contributed by atoms with van der Waals surface area (Å²) >= 11 is 0. The molecule has 0 aliphatic heterocycles. The van der Waals surface area contributed by atoms with Gasteiger partial charge in [0.15, 0.2) is 0 Å². The van der Waals surface area contributed by atoms with Gasteiger partial charge in [-0.2, -0.15) is 0 Å². The highest BCUT2D eigenvalue weighted by molar-refractivity contribution is 6.22. The first-order chi connectivity index (χ1) is 24.1. The van der Waals surface area contributed by atoms with Gasteiger partial charge in [0.2, 0.25) is 0 Å². The fourth-order valence-corrected chi connectivity index (χ4v) is 8.63. The summed E-state index contributed by atoms with van der Waals surface area (Å²) in [6.45, 7) is 4.70. The van der Waals surface area contributed by atoms with E-state index in [0.29, 0.717) is 0 Å². The maximum Gasteiger partial charge on any atom is 0.0159 e. The number of rotatable bonds is 3. The summed E-state index contributed by atoms with van der Waals surface area (Å²) < 4.78 is 0. The lowest BCUT2D eigenvalue weighted by Gasteiger charge is -2.22. The highest BCUT2D eigenvalue weighted by Crippen LogP contribution is 2.50. The average Bonchev–Trinajstić information content (AvgIpc) is 3.39. The SMILES string of the molecule is CC1(C)c2ccccc2-c2ccc(-c3ccc(-c4c5ccccc5c(-c5ccc6c(ccc7ccccc76)c5)c5ccccc45)cc3)cc21. The Morgan fingerprint density at radius 3 is 1.51 bits per heavy atom. The van der Waals surface area contributed by atoms with Crippen molar-refractivity contribution < 1.29 is 0 Å². The quantitative estimate of drug-likeness (QED) is 0.136. The Bertz CT molecular complexity index is 2720. The van der Waals surface area contributed by atoms with Crippen LogP contribution in [0, 0.1) is 0 Å². The van der Waals surface area contributed by atoms with Gasteiger partial charge in [0.1, 0.15) is 0 Å². The van der Waals surface area contributed by atoms with E-state index in [4.69, 9.17) is 0 Å². The minimum absolute atomic E-state index is 0.0136. The van der Waals surface area contributed by atoms with Gasteiger partial charge in [-0.1, -0.05) is 172 Å². The molecule has 0 nitrogen and oxygen atoms in total. The third kappa shape index (κ3) is 4.17. The van der Waals surface area contributed by atoms with Crippen molar-refractivity contribution >= 4 is 43.1 Å². The summed E-state index contributed by atoms with van der Waals surface area (Å²) in [7, 11) is 0. The first-order valence-corrected chi connectivity index (χ1v) is 17.3. The van der Waals surface area contributed by atoms with E-state index in [2.05, 4.69) is 184 Å². The van der Waals surface area contributed by atoms with Crippen LogP contribution in [0.1, 0.15) is 25.0 Å². The lowest BCUT2D eigenvalue weighted by molar-refractivity contribution is 0.660. The van der Waals surface area contributed by atoms with Crippen LogP contribution in [-0.4, -0.2) is 0 Å². The average molecular weight is 623 g/mol. The maximum atomic E-state index is 2.41. The van der Waals surface area contributed by atoms with Crippen LogP contribution < -0.4 is 0 Å². The van der Waals surface area contributed by atoms with E-state index in [-0.39, 0.29) is 5.41 Å². The van der Waals surface area contributed by atoms with E-state index in [1.54, 1.807) is 0 Å². The molecule has 49 heavy (non-hydrogen) atoms. The van der Waals surface area contributed by atoms with Crippen molar-refractivity contribution in [2.24, 2.45) is 0 Å². The van der Waals surface area contributed by atoms with E-state index >= 15 is 0 Å². The molecule has 0 heterocycles. The van der Waals surface area contributed by atoms with Crippen LogP contribution in [0.15, 0.2) is 170 Å². The van der Waals surface area contributed by atoms with E-state index in [1.165, 1.54) is 98.7 Å². The first kappa shape index (κ1) is 28.1. The minimum Gasteiger partial charge on any atom is -0.0619 e. The molecule has 0 unspecified atom stereocenters. The second kappa shape index (κ2) is 10.5. The van der Waals surface area contributed by atoms with Gasteiger partial charge in [-0.25, -0.2) is 0 Å². The summed E-state index contributed by atoms with van der Waals surface area (Å²) in [5, 5.41) is 10.3. The van der Waals surface area contributed by atoms with Crippen molar-refractivity contribution in [1.29, 1.82) is 0 Å². The molecular formula is C49H34. The molecule has 0 atom stereocenters. The Kier molecular flexibility index (Phi) is 6.02. The molecule has 0 aromatic heterocycles. The Balaban J connectivity index is 1.12. The highest BCUT2D eigenvalue weighted by Gasteiger charge is 2.35. The Morgan fingerprint density at radius 1 is 0.306 bits per heavy atom. The number of benzene rings is 9. The number of hydrogen-bond acceptors (Lipinski definition) is 0. The van der Waals surface area contributed by atoms with Crippen LogP contribution in [0.3, 0.4) is 0 Å². The van der Waals surface area contributed by atoms with Crippen molar-refractivity contribution in [3.63, 3.8) is 0 Å². The normalized spacial score (nSPS) is 13.3. The smallest absolute Gasteiger partial charge is 0.0159 e. The third-order valence-corrected chi connectivity index (χ3v) is 11.1. The molecule has 9 aromatic carbocycles. The van der Waals surface area contributed by atoms with Crippen LogP contribution in [-0.2, 0) is 5.41 Å². The Morgan fingerprint density at radius 2 is 0.796 bits per heavy atom. The predicted molar refractivity (Wildman–Crippen MR) is 210 cm³/mol. The second-order valence-corrected chi connectivity index (χ2v) is 14.1. The van der Waals surface area contributed by atoms with Gasteiger partial charge in [0.25, 0.3) is 0 Å². The van der Waals surface area contributed by atoms with Crippen molar-refractivity contribution in [3.8, 4) is 44.5 Å². The molecule has 0 saturated heterocycles. The van der Waals surface area contributed by atoms with E-state index in [1.807, 2.05) is 0 Å². The molecule has 10 rings (SSSR count). The van der Waals surface area contributed by atoms with Crippen LogP contribution in [0.25, 0.3) is 87.6 Å². The zero-order valence-corrected chi connectivity index (χ0v) is 27.7. The molecular weight excluding hydrogens is 589 g/mol. The van der Waals surface area contributed by atoms with Crippen LogP contribution in [0.2, 0.25) is 0 Å². The van der Waals surface area contributed by atoms with E-state index in [9.17, 15) is 0 Å². The van der Waals surface area contributed by atoms with Gasteiger partial charge in [-0.15, -0.1) is 0 Å². The first-order valence-electron chi connectivity index (χ1n) is 17.3. The second-order valence-electron chi connectivity index (χ2n) is 14.1. The fourth-order valence-electron chi connectivity index (χ4n) is 8.63. The van der Waals surface area contributed by atoms with Crippen molar-refractivity contribution in [3.05, 3.63) is 181 Å². The standard InChI is InChI=1S/C49H34/c1-49(2)45-18-10-9-13-39(45)40-28-25-34(30-46(40)49)31-19-22-33(23-20-31)47-41-14-5-7-16-43(41)48(44-17-8-6-15-42(44)47)36-26-27-38-35(29-36)24-21-32-11-3-4-12-37(32)38/h3-30H,1-2H3. The summed E-state index contributed by atoms with van der Waals surface area (Å²) in [5.41, 5.74) is 13.1. The summed E-state index contributed by atoms with van der Waals surface area (Å²) in [6, 6.07) is 63.2. The molecule has 0 heteroatoms. The molecule has 0 spiro atoms. The third-order valence-electron chi connectivity index (χ3n) is 11.1. The molecule has 0 N–H and O–H groups in total. The molecule has 0 amide bonds. The van der Waals surface area contributed by atoms with Crippen molar-refractivity contribution in [2.45, 2.75) is 19.3 Å². The van der Waals surface area contributed by atoms with Crippen molar-refractivity contribution in [2.75, 3.05) is 0 Å². The highest BCUT2D eigenvalue weighted by atomic mass is 14.4. The van der Waals surface area contributed by atoms with Gasteiger partial charge >= 0.3 is 0 Å². The topological polar surface area (TPSA) is 0 Å². The maximum absolute atomic E-state index is 2.41. The zero-order valence-electron chi connectivity index (χ0n) is 27.7. The zero-order chi connectivity index (χ0) is 32.7. The molecule has 0 saturated carbocycles. The minimum atomic E-state index is -0.0136. The molecule has 9 aromatic rings.